The van der Waals surface area contributed by atoms with Crippen molar-refractivity contribution in [3.63, 3.8) is 0 Å². The molecule has 0 aliphatic carbocycles. The van der Waals surface area contributed by atoms with Crippen molar-refractivity contribution in [3.05, 3.63) is 57.1 Å². The number of nitrogens with one attached hydrogen (secondary N) is 1. The predicted molar refractivity (Wildman–Crippen MR) is 97.7 cm³/mol. The fourth-order valence-electron chi connectivity index (χ4n) is 2.21. The van der Waals surface area contributed by atoms with Gasteiger partial charge in [-0.3, -0.25) is 0 Å². The van der Waals surface area contributed by atoms with Gasteiger partial charge >= 0.3 is 5.97 Å². The second-order valence-electron chi connectivity index (χ2n) is 5.74. The lowest BCUT2D eigenvalue weighted by Crippen LogP contribution is -2.07. The summed E-state index contributed by atoms with van der Waals surface area (Å²) in [5.74, 6) is -0.486. The Hall–Kier alpha value is -1.91. The van der Waals surface area contributed by atoms with Crippen LogP contribution in [0.4, 0.5) is 5.69 Å². The van der Waals surface area contributed by atoms with E-state index in [9.17, 15) is 4.79 Å². The number of ether oxygens (including phenoxy) is 1. The van der Waals surface area contributed by atoms with Gasteiger partial charge in [-0.05, 0) is 56.2 Å². The fourth-order valence-corrected chi connectivity index (χ4v) is 2.83. The zero-order valence-corrected chi connectivity index (χ0v) is 15.2. The minimum Gasteiger partial charge on any atom is -0.488 e. The second-order valence-corrected chi connectivity index (χ2v) is 6.56. The number of carboxylic acid groups (broad SMARTS) is 1. The Morgan fingerprint density at radius 2 is 1.83 bits per heavy atom. The molecule has 0 heterocycles. The smallest absolute Gasteiger partial charge is 0.335 e. The van der Waals surface area contributed by atoms with Crippen LogP contribution in [0.1, 0.15) is 35.3 Å². The van der Waals surface area contributed by atoms with E-state index < -0.39 is 5.97 Å². The Morgan fingerprint density at radius 1 is 1.21 bits per heavy atom. The van der Waals surface area contributed by atoms with E-state index in [1.54, 1.807) is 30.3 Å². The average Bonchev–Trinajstić information content (AvgIpc) is 2.49. The largest absolute Gasteiger partial charge is 0.488 e. The highest BCUT2D eigenvalue weighted by Gasteiger charge is 2.12. The van der Waals surface area contributed by atoms with Crippen molar-refractivity contribution in [2.45, 2.75) is 33.4 Å². The molecule has 0 atom stereocenters. The van der Waals surface area contributed by atoms with Gasteiger partial charge in [-0.25, -0.2) is 4.79 Å². The quantitative estimate of drug-likeness (QED) is 0.717. The van der Waals surface area contributed by atoms with Gasteiger partial charge in [0, 0.05) is 12.2 Å². The van der Waals surface area contributed by atoms with E-state index in [4.69, 9.17) is 33.0 Å². The molecule has 128 valence electrons. The number of carboxylic acids is 1. The van der Waals surface area contributed by atoms with E-state index >= 15 is 0 Å². The average molecular weight is 368 g/mol. The van der Waals surface area contributed by atoms with Crippen LogP contribution in [0.5, 0.6) is 5.75 Å². The van der Waals surface area contributed by atoms with Crippen LogP contribution in [0.15, 0.2) is 30.3 Å². The molecule has 0 amide bonds. The van der Waals surface area contributed by atoms with E-state index in [1.165, 1.54) is 0 Å². The summed E-state index contributed by atoms with van der Waals surface area (Å²) in [7, 11) is 0. The molecule has 24 heavy (non-hydrogen) atoms. The van der Waals surface area contributed by atoms with Crippen LogP contribution < -0.4 is 10.1 Å². The van der Waals surface area contributed by atoms with Gasteiger partial charge in [0.25, 0.3) is 0 Å². The lowest BCUT2D eigenvalue weighted by Gasteiger charge is -2.15. The Kier molecular flexibility index (Phi) is 5.97. The van der Waals surface area contributed by atoms with Gasteiger partial charge in [0.2, 0.25) is 0 Å². The van der Waals surface area contributed by atoms with Gasteiger partial charge in [-0.15, -0.1) is 0 Å². The van der Waals surface area contributed by atoms with Crippen LogP contribution in [-0.2, 0) is 6.54 Å². The third-order valence-electron chi connectivity index (χ3n) is 3.38. The molecule has 0 aliphatic heterocycles. The first-order valence-electron chi connectivity index (χ1n) is 7.50. The number of aromatic carboxylic acids is 1. The SMILES string of the molecule is Cc1ccc(C(=O)O)cc1NCc1cc(Cl)c(OC(C)C)c(Cl)c1. The lowest BCUT2D eigenvalue weighted by molar-refractivity contribution is 0.0697. The minimum absolute atomic E-state index is 0.0228. The van der Waals surface area contributed by atoms with E-state index in [1.807, 2.05) is 20.8 Å². The summed E-state index contributed by atoms with van der Waals surface area (Å²) in [5.41, 5.74) is 2.82. The number of anilines is 1. The van der Waals surface area contributed by atoms with Crippen LogP contribution in [-0.4, -0.2) is 17.2 Å². The van der Waals surface area contributed by atoms with Crippen LogP contribution >= 0.6 is 23.2 Å². The van der Waals surface area contributed by atoms with E-state index in [2.05, 4.69) is 5.32 Å². The van der Waals surface area contributed by atoms with Crippen molar-refractivity contribution in [1.29, 1.82) is 0 Å². The zero-order chi connectivity index (χ0) is 17.9. The topological polar surface area (TPSA) is 58.6 Å². The van der Waals surface area contributed by atoms with Crippen molar-refractivity contribution in [1.82, 2.24) is 0 Å². The highest BCUT2D eigenvalue weighted by Crippen LogP contribution is 2.35. The van der Waals surface area contributed by atoms with Gasteiger partial charge in [0.1, 0.15) is 0 Å². The third kappa shape index (κ3) is 4.56. The fraction of sp³-hybridized carbons (Fsp3) is 0.278. The summed E-state index contributed by atoms with van der Waals surface area (Å²) in [6.45, 7) is 6.18. The van der Waals surface area contributed by atoms with Crippen molar-refractivity contribution >= 4 is 34.9 Å². The molecule has 0 saturated carbocycles. The van der Waals surface area contributed by atoms with Crippen LogP contribution in [0, 0.1) is 6.92 Å². The first kappa shape index (κ1) is 18.4. The van der Waals surface area contributed by atoms with Gasteiger partial charge in [-0.1, -0.05) is 29.3 Å². The number of carbonyl (C=O) groups is 1. The summed E-state index contributed by atoms with van der Waals surface area (Å²) in [5, 5.41) is 13.2. The first-order valence-corrected chi connectivity index (χ1v) is 8.26. The molecule has 0 unspecified atom stereocenters. The van der Waals surface area contributed by atoms with Crippen molar-refractivity contribution in [2.75, 3.05) is 5.32 Å². The standard InChI is InChI=1S/C18H19Cl2NO3/c1-10(2)24-17-14(19)6-12(7-15(17)20)9-21-16-8-13(18(22)23)5-4-11(16)3/h4-8,10,21H,9H2,1-3H3,(H,22,23). The lowest BCUT2D eigenvalue weighted by atomic mass is 10.1. The number of rotatable bonds is 6. The predicted octanol–water partition coefficient (Wildman–Crippen LogP) is 5.40. The van der Waals surface area contributed by atoms with Crippen molar-refractivity contribution in [3.8, 4) is 5.75 Å². The molecule has 2 rings (SSSR count). The summed E-state index contributed by atoms with van der Waals surface area (Å²) >= 11 is 12.5. The minimum atomic E-state index is -0.959. The van der Waals surface area contributed by atoms with Gasteiger partial charge < -0.3 is 15.2 Å². The van der Waals surface area contributed by atoms with Crippen LogP contribution in [0.2, 0.25) is 10.0 Å². The number of halogens is 2. The molecule has 2 N–H and O–H groups in total. The van der Waals surface area contributed by atoms with Gasteiger partial charge in [0.15, 0.2) is 5.75 Å². The third-order valence-corrected chi connectivity index (χ3v) is 3.94. The molecule has 4 nitrogen and oxygen atoms in total. The highest BCUT2D eigenvalue weighted by molar-refractivity contribution is 6.37. The van der Waals surface area contributed by atoms with Crippen LogP contribution in [0.3, 0.4) is 0 Å². The van der Waals surface area contributed by atoms with E-state index in [0.717, 1.165) is 16.8 Å². The first-order chi connectivity index (χ1) is 11.3. The van der Waals surface area contributed by atoms with Gasteiger partial charge in [0.05, 0.1) is 21.7 Å². The molecule has 2 aromatic rings. The molecule has 0 spiro atoms. The maximum absolute atomic E-state index is 11.1. The normalized spacial score (nSPS) is 10.8. The zero-order valence-electron chi connectivity index (χ0n) is 13.7. The highest BCUT2D eigenvalue weighted by atomic mass is 35.5. The summed E-state index contributed by atoms with van der Waals surface area (Å²) in [4.78, 5) is 11.1. The van der Waals surface area contributed by atoms with E-state index in [0.29, 0.717) is 22.3 Å². The maximum Gasteiger partial charge on any atom is 0.335 e. The molecule has 0 saturated heterocycles. The number of benzene rings is 2. The molecule has 0 aromatic heterocycles. The Morgan fingerprint density at radius 3 is 2.38 bits per heavy atom. The summed E-state index contributed by atoms with van der Waals surface area (Å²) in [6.07, 6.45) is -0.0228. The molecule has 0 radical (unpaired) electrons. The second kappa shape index (κ2) is 7.77. The molecular weight excluding hydrogens is 349 g/mol. The molecule has 2 aromatic carbocycles. The molecule has 0 fully saturated rings. The van der Waals surface area contributed by atoms with Crippen LogP contribution in [0.25, 0.3) is 0 Å². The number of hydrogen-bond acceptors (Lipinski definition) is 3. The molecular formula is C18H19Cl2NO3. The number of aryl methyl sites for hydroxylation is 1. The van der Waals surface area contributed by atoms with Crippen molar-refractivity contribution < 1.29 is 14.6 Å². The maximum atomic E-state index is 11.1. The Bertz CT molecular complexity index is 737. The summed E-state index contributed by atoms with van der Waals surface area (Å²) < 4.78 is 5.61. The summed E-state index contributed by atoms with van der Waals surface area (Å²) in [6, 6.07) is 8.53. The Labute approximate surface area is 151 Å². The molecule has 0 bridgehead atoms. The van der Waals surface area contributed by atoms with E-state index in [-0.39, 0.29) is 11.7 Å². The van der Waals surface area contributed by atoms with Gasteiger partial charge in [-0.2, -0.15) is 0 Å². The Balaban J connectivity index is 2.18. The molecule has 0 aliphatic rings. The monoisotopic (exact) mass is 367 g/mol. The number of hydrogen-bond donors (Lipinski definition) is 2. The van der Waals surface area contributed by atoms with Crippen molar-refractivity contribution in [2.24, 2.45) is 0 Å². The molecule has 6 heteroatoms.